The summed E-state index contributed by atoms with van der Waals surface area (Å²) in [5.74, 6) is -2.91. The Morgan fingerprint density at radius 1 is 0.980 bits per heavy atom. The van der Waals surface area contributed by atoms with E-state index in [0.717, 1.165) is 11.1 Å². The maximum Gasteiger partial charge on any atom is 0.255 e. The molecular formula is C36H48N8O7. The van der Waals surface area contributed by atoms with Crippen molar-refractivity contribution in [2.45, 2.75) is 103 Å². The zero-order chi connectivity index (χ0) is 37.1. The van der Waals surface area contributed by atoms with Crippen molar-refractivity contribution in [3.63, 3.8) is 0 Å². The zero-order valence-corrected chi connectivity index (χ0v) is 29.7. The van der Waals surface area contributed by atoms with Gasteiger partial charge in [-0.15, -0.1) is 5.10 Å². The molecular weight excluding hydrogens is 656 g/mol. The Kier molecular flexibility index (Phi) is 13.3. The highest BCUT2D eigenvalue weighted by atomic mass is 16.5. The van der Waals surface area contributed by atoms with Crippen LogP contribution in [-0.2, 0) is 38.7 Å². The number of unbranched alkanes of at least 4 members (excludes halogenated alkanes) is 1. The molecule has 3 aromatic rings. The lowest BCUT2D eigenvalue weighted by molar-refractivity contribution is -0.136. The molecule has 0 spiro atoms. The molecule has 0 radical (unpaired) electrons. The Morgan fingerprint density at radius 2 is 1.73 bits per heavy atom. The number of nitrogens with zero attached hydrogens (tertiary/aromatic N) is 3. The van der Waals surface area contributed by atoms with Crippen molar-refractivity contribution in [1.29, 1.82) is 0 Å². The highest BCUT2D eigenvalue weighted by Crippen LogP contribution is 2.21. The number of benzene rings is 2. The average molecular weight is 705 g/mol. The number of hydrogen-bond donors (Lipinski definition) is 6. The molecule has 0 saturated heterocycles. The molecule has 15 heteroatoms. The van der Waals surface area contributed by atoms with E-state index in [2.05, 4.69) is 36.9 Å². The maximum atomic E-state index is 13.7. The fraction of sp³-hybridized carbons (Fsp3) is 0.472. The Morgan fingerprint density at radius 3 is 2.43 bits per heavy atom. The molecule has 1 aliphatic heterocycles. The number of aromatic nitrogens is 3. The molecule has 0 unspecified atom stereocenters. The third-order valence-electron chi connectivity index (χ3n) is 8.43. The summed E-state index contributed by atoms with van der Waals surface area (Å²) in [5.41, 5.74) is 0.761. The van der Waals surface area contributed by atoms with Crippen molar-refractivity contribution in [2.75, 3.05) is 6.61 Å². The van der Waals surface area contributed by atoms with Gasteiger partial charge in [0.2, 0.25) is 23.6 Å². The van der Waals surface area contributed by atoms with E-state index in [1.54, 1.807) is 24.4 Å². The summed E-state index contributed by atoms with van der Waals surface area (Å²) in [7, 11) is 0. The Labute approximate surface area is 297 Å². The molecule has 1 aromatic heterocycles. The molecule has 1 aliphatic rings. The molecule has 0 aliphatic carbocycles. The molecule has 0 saturated carbocycles. The minimum Gasteiger partial charge on any atom is -0.491 e. The quantitative estimate of drug-likeness (QED) is 0.217. The Bertz CT molecular complexity index is 1690. The van der Waals surface area contributed by atoms with Gasteiger partial charge in [-0.25, -0.2) is 4.68 Å². The first kappa shape index (κ1) is 38.5. The summed E-state index contributed by atoms with van der Waals surface area (Å²) < 4.78 is 7.50. The third kappa shape index (κ3) is 10.8. The molecule has 15 nitrogen and oxygen atoms in total. The van der Waals surface area contributed by atoms with Gasteiger partial charge in [0.25, 0.3) is 5.91 Å². The van der Waals surface area contributed by atoms with Crippen LogP contribution in [0.4, 0.5) is 0 Å². The van der Waals surface area contributed by atoms with Crippen LogP contribution in [0.15, 0.2) is 54.7 Å². The van der Waals surface area contributed by atoms with Crippen LogP contribution in [0.3, 0.4) is 0 Å². The van der Waals surface area contributed by atoms with E-state index in [0.29, 0.717) is 24.3 Å². The summed E-state index contributed by atoms with van der Waals surface area (Å²) in [6.07, 6.45) is 1.91. The second-order valence-electron chi connectivity index (χ2n) is 13.3. The highest BCUT2D eigenvalue weighted by Gasteiger charge is 2.36. The number of hydrogen-bond acceptors (Lipinski definition) is 9. The van der Waals surface area contributed by atoms with Crippen LogP contribution in [-0.4, -0.2) is 86.0 Å². The zero-order valence-electron chi connectivity index (χ0n) is 29.7. The number of carbonyl (C=O) groups excluding carboxylic acids is 5. The smallest absolute Gasteiger partial charge is 0.255 e. The van der Waals surface area contributed by atoms with Crippen molar-refractivity contribution >= 4 is 29.5 Å². The van der Waals surface area contributed by atoms with Gasteiger partial charge < -0.3 is 36.4 Å². The minimum absolute atomic E-state index is 0.00823. The number of aryl methyl sites for hydroxylation is 1. The van der Waals surface area contributed by atoms with Gasteiger partial charge in [0.15, 0.2) is 0 Å². The molecule has 4 rings (SSSR count). The summed E-state index contributed by atoms with van der Waals surface area (Å²) >= 11 is 0. The Balaban J connectivity index is 1.67. The number of fused-ring (bicyclic) bond motifs is 3. The van der Waals surface area contributed by atoms with Crippen LogP contribution >= 0.6 is 0 Å². The van der Waals surface area contributed by atoms with Crippen molar-refractivity contribution in [3.05, 3.63) is 77.1 Å². The van der Waals surface area contributed by atoms with Crippen LogP contribution in [0.1, 0.15) is 74.1 Å². The van der Waals surface area contributed by atoms with Crippen LogP contribution in [0.25, 0.3) is 0 Å². The number of rotatable bonds is 6. The number of carbonyl (C=O) groups is 5. The van der Waals surface area contributed by atoms with E-state index in [4.69, 9.17) is 4.74 Å². The first-order valence-electron chi connectivity index (χ1n) is 17.1. The SMILES string of the molecule is CCCC[C@@H]1NC(=O)C(C)(C)NC(=O)c2cc(C)ccc2OCCn2cc(nn2)CNC(=O)[C@H](Cc2ccccc2)NC(=O)[C@H]([C@@H](C)O)NC1=O. The second-order valence-corrected chi connectivity index (χ2v) is 13.3. The fourth-order valence-corrected chi connectivity index (χ4v) is 5.43. The molecule has 2 aromatic carbocycles. The van der Waals surface area contributed by atoms with Gasteiger partial charge in [-0.2, -0.15) is 0 Å². The van der Waals surface area contributed by atoms with E-state index in [-0.39, 0.29) is 38.1 Å². The van der Waals surface area contributed by atoms with Crippen molar-refractivity contribution in [3.8, 4) is 5.75 Å². The molecule has 6 N–H and O–H groups in total. The molecule has 2 heterocycles. The predicted octanol–water partition coefficient (Wildman–Crippen LogP) is 1.07. The van der Waals surface area contributed by atoms with Crippen LogP contribution in [0.5, 0.6) is 5.75 Å². The van der Waals surface area contributed by atoms with E-state index in [1.807, 2.05) is 44.2 Å². The lowest BCUT2D eigenvalue weighted by Crippen LogP contribution is -2.62. The molecule has 2 bridgehead atoms. The standard InChI is InChI=1S/C36H48N8O7/c1-6-7-13-27-33(48)40-30(23(3)45)34(49)38-28(19-24-11-9-8-10-12-24)32(47)37-20-25-21-44(43-42-25)16-17-51-29-15-14-22(2)18-26(29)31(46)41-36(4,5)35(50)39-27/h8-12,14-15,18,21,23,27-28,30,45H,6-7,13,16-17,19-20H2,1-5H3,(H,37,47)(H,38,49)(H,39,50)(H,40,48)(H,41,46)/t23-,27+,28+,30+/m1/s1. The van der Waals surface area contributed by atoms with Crippen molar-refractivity contribution in [2.24, 2.45) is 0 Å². The van der Waals surface area contributed by atoms with E-state index in [1.165, 1.54) is 25.5 Å². The highest BCUT2D eigenvalue weighted by molar-refractivity contribution is 6.02. The topological polar surface area (TPSA) is 206 Å². The number of nitrogens with one attached hydrogen (secondary N) is 5. The van der Waals surface area contributed by atoms with Crippen molar-refractivity contribution < 1.29 is 33.8 Å². The molecule has 51 heavy (non-hydrogen) atoms. The number of aliphatic hydroxyl groups excluding tert-OH is 1. The Hall–Kier alpha value is -5.31. The van der Waals surface area contributed by atoms with Crippen LogP contribution in [0, 0.1) is 6.92 Å². The molecule has 4 atom stereocenters. The van der Waals surface area contributed by atoms with Crippen molar-refractivity contribution in [1.82, 2.24) is 41.6 Å². The van der Waals surface area contributed by atoms with Gasteiger partial charge in [0, 0.05) is 6.42 Å². The normalized spacial score (nSPS) is 21.5. The minimum atomic E-state index is -1.48. The predicted molar refractivity (Wildman–Crippen MR) is 187 cm³/mol. The lowest BCUT2D eigenvalue weighted by Gasteiger charge is -2.30. The molecule has 5 amide bonds. The largest absolute Gasteiger partial charge is 0.491 e. The molecule has 274 valence electrons. The molecule has 0 fully saturated rings. The first-order valence-corrected chi connectivity index (χ1v) is 17.1. The summed E-state index contributed by atoms with van der Waals surface area (Å²) in [4.78, 5) is 68.0. The monoisotopic (exact) mass is 704 g/mol. The summed E-state index contributed by atoms with van der Waals surface area (Å²) in [6.45, 7) is 8.53. The van der Waals surface area contributed by atoms with Gasteiger partial charge >= 0.3 is 0 Å². The van der Waals surface area contributed by atoms with Gasteiger partial charge in [-0.1, -0.05) is 66.9 Å². The van der Waals surface area contributed by atoms with Gasteiger partial charge in [0.1, 0.15) is 41.7 Å². The summed E-state index contributed by atoms with van der Waals surface area (Å²) in [5, 5.41) is 32.4. The van der Waals surface area contributed by atoms with E-state index in [9.17, 15) is 29.1 Å². The van der Waals surface area contributed by atoms with Gasteiger partial charge in [-0.3, -0.25) is 24.0 Å². The summed E-state index contributed by atoms with van der Waals surface area (Å²) in [6, 6.07) is 10.6. The van der Waals surface area contributed by atoms with E-state index >= 15 is 0 Å². The number of ether oxygens (including phenoxy) is 1. The fourth-order valence-electron chi connectivity index (χ4n) is 5.43. The second kappa shape index (κ2) is 17.6. The average Bonchev–Trinajstić information content (AvgIpc) is 3.55. The van der Waals surface area contributed by atoms with E-state index < -0.39 is 59.3 Å². The third-order valence-corrected chi connectivity index (χ3v) is 8.43. The van der Waals surface area contributed by atoms with Gasteiger partial charge in [0.05, 0.1) is 31.0 Å². The first-order chi connectivity index (χ1) is 24.3. The maximum absolute atomic E-state index is 13.7. The number of aliphatic hydroxyl groups is 1. The van der Waals surface area contributed by atoms with Crippen LogP contribution in [0.2, 0.25) is 0 Å². The number of amides is 5. The van der Waals surface area contributed by atoms with Gasteiger partial charge in [-0.05, 0) is 51.8 Å². The lowest BCUT2D eigenvalue weighted by atomic mass is 10.00. The van der Waals surface area contributed by atoms with Crippen LogP contribution < -0.4 is 31.3 Å².